The Morgan fingerprint density at radius 2 is 1.81 bits per heavy atom. The summed E-state index contributed by atoms with van der Waals surface area (Å²) in [5.41, 5.74) is -1.78. The zero-order chi connectivity index (χ0) is 16.1. The van der Waals surface area contributed by atoms with E-state index in [0.717, 1.165) is 31.5 Å². The maximum atomic E-state index is 12.7. The van der Waals surface area contributed by atoms with Gasteiger partial charge in [-0.1, -0.05) is 26.0 Å². The van der Waals surface area contributed by atoms with Crippen molar-refractivity contribution in [2.75, 3.05) is 13.1 Å². The van der Waals surface area contributed by atoms with Gasteiger partial charge < -0.3 is 10.4 Å². The zero-order valence-corrected chi connectivity index (χ0v) is 12.8. The molecule has 0 saturated heterocycles. The molecule has 0 aromatic heterocycles. The van der Waals surface area contributed by atoms with Crippen molar-refractivity contribution in [1.82, 2.24) is 5.32 Å². The number of nitrogens with one attached hydrogen (secondary N) is 1. The first-order valence-electron chi connectivity index (χ1n) is 7.24. The quantitative estimate of drug-likeness (QED) is 0.748. The lowest BCUT2D eigenvalue weighted by Crippen LogP contribution is -2.36. The predicted molar refractivity (Wildman–Crippen MR) is 78.0 cm³/mol. The number of hydrogen-bond acceptors (Lipinski definition) is 2. The molecule has 2 nitrogen and oxygen atoms in total. The Morgan fingerprint density at radius 3 is 2.38 bits per heavy atom. The molecule has 120 valence electrons. The second-order valence-corrected chi connectivity index (χ2v) is 6.07. The largest absolute Gasteiger partial charge is 0.416 e. The Kier molecular flexibility index (Phi) is 6.23. The van der Waals surface area contributed by atoms with Crippen LogP contribution in [0.1, 0.15) is 44.7 Å². The van der Waals surface area contributed by atoms with E-state index in [0.29, 0.717) is 5.92 Å². The molecule has 0 aliphatic carbocycles. The van der Waals surface area contributed by atoms with Crippen LogP contribution in [0.3, 0.4) is 0 Å². The van der Waals surface area contributed by atoms with Crippen molar-refractivity contribution in [3.05, 3.63) is 35.4 Å². The third-order valence-electron chi connectivity index (χ3n) is 3.42. The van der Waals surface area contributed by atoms with Crippen LogP contribution in [-0.2, 0) is 11.8 Å². The molecule has 1 aromatic rings. The summed E-state index contributed by atoms with van der Waals surface area (Å²) in [6.45, 7) is 6.77. The van der Waals surface area contributed by atoms with Crippen LogP contribution in [0.4, 0.5) is 13.2 Å². The lowest BCUT2D eigenvalue weighted by Gasteiger charge is -2.25. The Bertz CT molecular complexity index is 441. The first-order chi connectivity index (χ1) is 9.63. The van der Waals surface area contributed by atoms with Crippen molar-refractivity contribution in [1.29, 1.82) is 0 Å². The van der Waals surface area contributed by atoms with E-state index >= 15 is 0 Å². The second-order valence-electron chi connectivity index (χ2n) is 6.07. The van der Waals surface area contributed by atoms with Crippen molar-refractivity contribution >= 4 is 0 Å². The van der Waals surface area contributed by atoms with Crippen molar-refractivity contribution < 1.29 is 18.3 Å². The van der Waals surface area contributed by atoms with E-state index < -0.39 is 17.3 Å². The molecule has 1 atom stereocenters. The average molecular weight is 303 g/mol. The number of benzene rings is 1. The highest BCUT2D eigenvalue weighted by atomic mass is 19.4. The maximum absolute atomic E-state index is 12.7. The predicted octanol–water partition coefficient (Wildman–Crippen LogP) is 3.94. The van der Waals surface area contributed by atoms with Crippen molar-refractivity contribution in [2.45, 2.75) is 45.4 Å². The summed E-state index contributed by atoms with van der Waals surface area (Å²) < 4.78 is 38.1. The van der Waals surface area contributed by atoms with Gasteiger partial charge in [-0.05, 0) is 49.9 Å². The lowest BCUT2D eigenvalue weighted by molar-refractivity contribution is -0.137. The molecule has 21 heavy (non-hydrogen) atoms. The molecule has 5 heteroatoms. The first kappa shape index (κ1) is 18.0. The van der Waals surface area contributed by atoms with Gasteiger partial charge >= 0.3 is 6.18 Å². The highest BCUT2D eigenvalue weighted by molar-refractivity contribution is 5.29. The van der Waals surface area contributed by atoms with Crippen LogP contribution < -0.4 is 5.32 Å². The van der Waals surface area contributed by atoms with E-state index in [1.807, 2.05) is 0 Å². The minimum atomic E-state index is -4.39. The standard InChI is InChI=1S/C16H24F3NO/c1-12(2)6-5-9-20-11-15(3,21)13-7-4-8-14(10-13)16(17,18)19/h4,7-8,10,12,20-21H,5-6,9,11H2,1-3H3. The molecule has 0 fully saturated rings. The fourth-order valence-corrected chi connectivity index (χ4v) is 2.10. The number of hydrogen-bond donors (Lipinski definition) is 2. The van der Waals surface area contributed by atoms with Gasteiger partial charge in [0.2, 0.25) is 0 Å². The normalized spacial score (nSPS) is 15.2. The number of alkyl halides is 3. The molecular formula is C16H24F3NO. The van der Waals surface area contributed by atoms with E-state index in [4.69, 9.17) is 0 Å². The minimum absolute atomic E-state index is 0.229. The highest BCUT2D eigenvalue weighted by Crippen LogP contribution is 2.31. The van der Waals surface area contributed by atoms with Crippen molar-refractivity contribution in [2.24, 2.45) is 5.92 Å². The van der Waals surface area contributed by atoms with Gasteiger partial charge in [-0.2, -0.15) is 13.2 Å². The molecule has 0 spiro atoms. The van der Waals surface area contributed by atoms with E-state index in [1.165, 1.54) is 19.1 Å². The zero-order valence-electron chi connectivity index (χ0n) is 12.8. The molecule has 2 N–H and O–H groups in total. The molecule has 0 saturated carbocycles. The van der Waals surface area contributed by atoms with Gasteiger partial charge in [-0.15, -0.1) is 0 Å². The Hall–Kier alpha value is -1.07. The fourth-order valence-electron chi connectivity index (χ4n) is 2.10. The molecule has 0 aliphatic heterocycles. The van der Waals surface area contributed by atoms with Crippen LogP contribution >= 0.6 is 0 Å². The summed E-state index contributed by atoms with van der Waals surface area (Å²) >= 11 is 0. The maximum Gasteiger partial charge on any atom is 0.416 e. The third kappa shape index (κ3) is 6.06. The van der Waals surface area contributed by atoms with Crippen LogP contribution in [0.2, 0.25) is 0 Å². The SMILES string of the molecule is CC(C)CCCNCC(C)(O)c1cccc(C(F)(F)F)c1. The van der Waals surface area contributed by atoms with Gasteiger partial charge in [0.05, 0.1) is 11.2 Å². The highest BCUT2D eigenvalue weighted by Gasteiger charge is 2.32. The molecule has 0 aliphatic rings. The molecule has 0 heterocycles. The summed E-state index contributed by atoms with van der Waals surface area (Å²) in [7, 11) is 0. The second kappa shape index (κ2) is 7.27. The Labute approximate surface area is 124 Å². The van der Waals surface area contributed by atoms with Crippen molar-refractivity contribution in [3.8, 4) is 0 Å². The van der Waals surface area contributed by atoms with E-state index in [9.17, 15) is 18.3 Å². The van der Waals surface area contributed by atoms with Crippen LogP contribution in [0.15, 0.2) is 24.3 Å². The van der Waals surface area contributed by atoms with Gasteiger partial charge in [0.15, 0.2) is 0 Å². The van der Waals surface area contributed by atoms with Gasteiger partial charge in [-0.3, -0.25) is 0 Å². The molecule has 0 amide bonds. The topological polar surface area (TPSA) is 32.3 Å². The third-order valence-corrected chi connectivity index (χ3v) is 3.42. The van der Waals surface area contributed by atoms with E-state index in [-0.39, 0.29) is 12.1 Å². The lowest BCUT2D eigenvalue weighted by atomic mass is 9.94. The molecule has 1 unspecified atom stereocenters. The molecular weight excluding hydrogens is 279 g/mol. The molecule has 1 aromatic carbocycles. The monoisotopic (exact) mass is 303 g/mol. The van der Waals surface area contributed by atoms with Crippen LogP contribution in [-0.4, -0.2) is 18.2 Å². The van der Waals surface area contributed by atoms with Gasteiger partial charge in [0.25, 0.3) is 0 Å². The average Bonchev–Trinajstić information content (AvgIpc) is 2.37. The Morgan fingerprint density at radius 1 is 1.19 bits per heavy atom. The number of halogens is 3. The summed E-state index contributed by atoms with van der Waals surface area (Å²) in [5.74, 6) is 0.621. The summed E-state index contributed by atoms with van der Waals surface area (Å²) in [6, 6.07) is 4.86. The minimum Gasteiger partial charge on any atom is -0.384 e. The van der Waals surface area contributed by atoms with Crippen LogP contribution in [0, 0.1) is 5.92 Å². The fraction of sp³-hybridized carbons (Fsp3) is 0.625. The van der Waals surface area contributed by atoms with Crippen LogP contribution in [0.5, 0.6) is 0 Å². The summed E-state index contributed by atoms with van der Waals surface area (Å²) in [4.78, 5) is 0. The summed E-state index contributed by atoms with van der Waals surface area (Å²) in [6.07, 6.45) is -2.33. The Balaban J connectivity index is 2.61. The van der Waals surface area contributed by atoms with E-state index in [1.54, 1.807) is 0 Å². The van der Waals surface area contributed by atoms with Crippen LogP contribution in [0.25, 0.3) is 0 Å². The van der Waals surface area contributed by atoms with Gasteiger partial charge in [0.1, 0.15) is 0 Å². The van der Waals surface area contributed by atoms with Gasteiger partial charge in [-0.25, -0.2) is 0 Å². The summed E-state index contributed by atoms with van der Waals surface area (Å²) in [5, 5.41) is 13.5. The molecule has 1 rings (SSSR count). The van der Waals surface area contributed by atoms with E-state index in [2.05, 4.69) is 19.2 Å². The molecule has 0 bridgehead atoms. The van der Waals surface area contributed by atoms with Gasteiger partial charge in [0, 0.05) is 6.54 Å². The van der Waals surface area contributed by atoms with Crippen molar-refractivity contribution in [3.63, 3.8) is 0 Å². The molecule has 0 radical (unpaired) electrons. The first-order valence-corrected chi connectivity index (χ1v) is 7.24. The smallest absolute Gasteiger partial charge is 0.384 e. The number of rotatable bonds is 7. The number of aliphatic hydroxyl groups is 1.